The first-order valence-electron chi connectivity index (χ1n) is 8.67. The summed E-state index contributed by atoms with van der Waals surface area (Å²) in [6, 6.07) is 4.67. The predicted molar refractivity (Wildman–Crippen MR) is 106 cm³/mol. The molecule has 0 aliphatic carbocycles. The molecule has 1 aliphatic rings. The molecule has 1 aromatic heterocycles. The van der Waals surface area contributed by atoms with Crippen LogP contribution in [0.2, 0.25) is 5.02 Å². The number of rotatable bonds is 7. The number of halogens is 1. The van der Waals surface area contributed by atoms with E-state index in [1.165, 1.54) is 24.1 Å². The maximum atomic E-state index is 12.4. The Morgan fingerprint density at radius 1 is 1.28 bits per heavy atom. The molecule has 1 aliphatic heterocycles. The summed E-state index contributed by atoms with van der Waals surface area (Å²) >= 11 is 7.81. The number of fused-ring (bicyclic) bond motifs is 1. The van der Waals surface area contributed by atoms with Crippen LogP contribution in [0.4, 0.5) is 0 Å². The zero-order chi connectivity index (χ0) is 21.0. The molecule has 154 valence electrons. The fraction of sp³-hybridized carbons (Fsp3) is 0.316. The highest BCUT2D eigenvalue weighted by molar-refractivity contribution is 7.10. The third-order valence-electron chi connectivity index (χ3n) is 4.31. The molecule has 3 rings (SSSR count). The Kier molecular flexibility index (Phi) is 6.60. The van der Waals surface area contributed by atoms with Crippen LogP contribution in [-0.4, -0.2) is 49.6 Å². The Balaban J connectivity index is 1.62. The Morgan fingerprint density at radius 2 is 2.07 bits per heavy atom. The quantitative estimate of drug-likeness (QED) is 0.662. The maximum Gasteiger partial charge on any atom is 0.338 e. The van der Waals surface area contributed by atoms with E-state index in [0.717, 1.165) is 12.0 Å². The predicted octanol–water partition coefficient (Wildman–Crippen LogP) is 2.02. The summed E-state index contributed by atoms with van der Waals surface area (Å²) in [6.45, 7) is 0.338. The van der Waals surface area contributed by atoms with Crippen molar-refractivity contribution in [3.63, 3.8) is 0 Å². The molecule has 0 fully saturated rings. The lowest BCUT2D eigenvalue weighted by atomic mass is 10.1. The van der Waals surface area contributed by atoms with Gasteiger partial charge in [-0.1, -0.05) is 11.6 Å². The van der Waals surface area contributed by atoms with E-state index in [0.29, 0.717) is 13.1 Å². The van der Waals surface area contributed by atoms with Gasteiger partial charge in [0.1, 0.15) is 0 Å². The van der Waals surface area contributed by atoms with Crippen LogP contribution in [0.25, 0.3) is 0 Å². The van der Waals surface area contributed by atoms with Gasteiger partial charge in [0.2, 0.25) is 0 Å². The second-order valence-electron chi connectivity index (χ2n) is 6.25. The third kappa shape index (κ3) is 4.99. The van der Waals surface area contributed by atoms with Crippen LogP contribution in [0, 0.1) is 0 Å². The van der Waals surface area contributed by atoms with Gasteiger partial charge in [0.15, 0.2) is 24.7 Å². The summed E-state index contributed by atoms with van der Waals surface area (Å²) in [5.41, 5.74) is 6.27. The fourth-order valence-electron chi connectivity index (χ4n) is 2.88. The van der Waals surface area contributed by atoms with Gasteiger partial charge in [0.05, 0.1) is 17.7 Å². The van der Waals surface area contributed by atoms with E-state index < -0.39 is 18.5 Å². The van der Waals surface area contributed by atoms with E-state index in [9.17, 15) is 14.4 Å². The van der Waals surface area contributed by atoms with Gasteiger partial charge in [-0.3, -0.25) is 9.59 Å². The van der Waals surface area contributed by atoms with Crippen LogP contribution in [0.3, 0.4) is 0 Å². The third-order valence-corrected chi connectivity index (χ3v) is 5.61. The summed E-state index contributed by atoms with van der Waals surface area (Å²) < 4.78 is 15.5. The molecule has 0 unspecified atom stereocenters. The van der Waals surface area contributed by atoms with Crippen molar-refractivity contribution in [2.24, 2.45) is 5.73 Å². The number of methoxy groups -OCH3 is 1. The standard InChI is InChI=1S/C19H19ClN2O6S/c1-26-14-7-12(6-13(20)18(14)27-9-16(21)23)19(25)28-10-17(24)22-4-2-15-11(8-22)3-5-29-15/h3,5-7H,2,4,8-10H2,1H3,(H2,21,23). The number of hydrogen-bond donors (Lipinski definition) is 1. The molecular weight excluding hydrogens is 420 g/mol. The largest absolute Gasteiger partial charge is 0.493 e. The number of carbonyl (C=O) groups excluding carboxylic acids is 3. The van der Waals surface area contributed by atoms with Crippen LogP contribution in [-0.2, 0) is 27.3 Å². The number of ether oxygens (including phenoxy) is 3. The van der Waals surface area contributed by atoms with Crippen molar-refractivity contribution in [3.05, 3.63) is 44.6 Å². The average Bonchev–Trinajstić information content (AvgIpc) is 3.17. The summed E-state index contributed by atoms with van der Waals surface area (Å²) in [5.74, 6) is -1.46. The second kappa shape index (κ2) is 9.15. The van der Waals surface area contributed by atoms with E-state index in [4.69, 9.17) is 31.5 Å². The molecule has 2 heterocycles. The van der Waals surface area contributed by atoms with Crippen molar-refractivity contribution in [2.45, 2.75) is 13.0 Å². The normalized spacial score (nSPS) is 12.8. The Bertz CT molecular complexity index is 945. The molecule has 29 heavy (non-hydrogen) atoms. The highest BCUT2D eigenvalue weighted by Gasteiger charge is 2.23. The molecule has 0 saturated heterocycles. The monoisotopic (exact) mass is 438 g/mol. The minimum Gasteiger partial charge on any atom is -0.493 e. The number of amides is 2. The summed E-state index contributed by atoms with van der Waals surface area (Å²) in [4.78, 5) is 38.6. The first-order valence-corrected chi connectivity index (χ1v) is 9.93. The number of nitrogens with zero attached hydrogens (tertiary/aromatic N) is 1. The van der Waals surface area contributed by atoms with E-state index in [1.54, 1.807) is 16.2 Å². The number of nitrogens with two attached hydrogens (primary N) is 1. The zero-order valence-corrected chi connectivity index (χ0v) is 17.2. The van der Waals surface area contributed by atoms with Gasteiger partial charge in [0, 0.05) is 18.0 Å². The molecule has 10 heteroatoms. The smallest absolute Gasteiger partial charge is 0.338 e. The molecular formula is C19H19ClN2O6S. The van der Waals surface area contributed by atoms with Crippen LogP contribution in [0.1, 0.15) is 20.8 Å². The van der Waals surface area contributed by atoms with Gasteiger partial charge in [-0.05, 0) is 35.6 Å². The number of carbonyl (C=O) groups is 3. The van der Waals surface area contributed by atoms with Crippen molar-refractivity contribution in [2.75, 3.05) is 26.9 Å². The SMILES string of the molecule is COc1cc(C(=O)OCC(=O)N2CCc3sccc3C2)cc(Cl)c1OCC(N)=O. The topological polar surface area (TPSA) is 108 Å². The van der Waals surface area contributed by atoms with Gasteiger partial charge >= 0.3 is 5.97 Å². The number of esters is 1. The lowest BCUT2D eigenvalue weighted by Gasteiger charge is -2.26. The molecule has 0 spiro atoms. The maximum absolute atomic E-state index is 12.4. The van der Waals surface area contributed by atoms with Crippen molar-refractivity contribution >= 4 is 40.7 Å². The molecule has 2 aromatic rings. The molecule has 0 atom stereocenters. The lowest BCUT2D eigenvalue weighted by molar-refractivity contribution is -0.135. The number of thiophene rings is 1. The van der Waals surface area contributed by atoms with E-state index >= 15 is 0 Å². The molecule has 0 radical (unpaired) electrons. The van der Waals surface area contributed by atoms with E-state index in [1.807, 2.05) is 11.4 Å². The fourth-order valence-corrected chi connectivity index (χ4v) is 4.04. The Hall–Kier alpha value is -2.78. The van der Waals surface area contributed by atoms with Gasteiger partial charge in [0.25, 0.3) is 11.8 Å². The van der Waals surface area contributed by atoms with Crippen LogP contribution in [0.5, 0.6) is 11.5 Å². The van der Waals surface area contributed by atoms with E-state index in [-0.39, 0.29) is 34.6 Å². The molecule has 2 N–H and O–H groups in total. The highest BCUT2D eigenvalue weighted by atomic mass is 35.5. The molecule has 2 amide bonds. The molecule has 0 bridgehead atoms. The number of benzene rings is 1. The van der Waals surface area contributed by atoms with Gasteiger partial charge in [-0.25, -0.2) is 4.79 Å². The van der Waals surface area contributed by atoms with Gasteiger partial charge in [-0.2, -0.15) is 0 Å². The zero-order valence-electron chi connectivity index (χ0n) is 15.6. The first kappa shape index (κ1) is 20.9. The Labute approximate surface area is 176 Å². The summed E-state index contributed by atoms with van der Waals surface area (Å²) in [6.07, 6.45) is 0.798. The first-order chi connectivity index (χ1) is 13.9. The van der Waals surface area contributed by atoms with Gasteiger partial charge in [-0.15, -0.1) is 11.3 Å². The lowest BCUT2D eigenvalue weighted by Crippen LogP contribution is -2.38. The molecule has 0 saturated carbocycles. The second-order valence-corrected chi connectivity index (χ2v) is 7.66. The van der Waals surface area contributed by atoms with Crippen LogP contribution >= 0.6 is 22.9 Å². The summed E-state index contributed by atoms with van der Waals surface area (Å²) in [7, 11) is 1.36. The Morgan fingerprint density at radius 3 is 2.79 bits per heavy atom. The van der Waals surface area contributed by atoms with Crippen LogP contribution in [0.15, 0.2) is 23.6 Å². The minimum atomic E-state index is -0.728. The number of hydrogen-bond acceptors (Lipinski definition) is 7. The van der Waals surface area contributed by atoms with Crippen molar-refractivity contribution in [3.8, 4) is 11.5 Å². The molecule has 8 nitrogen and oxygen atoms in total. The van der Waals surface area contributed by atoms with Gasteiger partial charge < -0.3 is 24.8 Å². The van der Waals surface area contributed by atoms with Crippen molar-refractivity contribution in [1.29, 1.82) is 0 Å². The molecule has 1 aromatic carbocycles. The van der Waals surface area contributed by atoms with Crippen molar-refractivity contribution < 1.29 is 28.6 Å². The minimum absolute atomic E-state index is 0.0462. The van der Waals surface area contributed by atoms with Crippen molar-refractivity contribution in [1.82, 2.24) is 4.90 Å². The highest BCUT2D eigenvalue weighted by Crippen LogP contribution is 2.36. The summed E-state index contributed by atoms with van der Waals surface area (Å²) in [5, 5.41) is 2.05. The van der Waals surface area contributed by atoms with Crippen LogP contribution < -0.4 is 15.2 Å². The number of primary amides is 1. The van der Waals surface area contributed by atoms with E-state index in [2.05, 4.69) is 0 Å². The average molecular weight is 439 g/mol.